The molecule has 0 radical (unpaired) electrons. The maximum atomic E-state index is 12.4. The predicted octanol–water partition coefficient (Wildman–Crippen LogP) is 2.01. The molecule has 0 aliphatic carbocycles. The van der Waals surface area contributed by atoms with E-state index in [1.165, 1.54) is 0 Å². The molecule has 0 atom stereocenters. The van der Waals surface area contributed by atoms with Crippen LogP contribution in [0.4, 0.5) is 0 Å². The average molecular weight is 383 g/mol. The summed E-state index contributed by atoms with van der Waals surface area (Å²) >= 11 is 5.12. The van der Waals surface area contributed by atoms with Crippen LogP contribution in [-0.4, -0.2) is 58.7 Å². The number of amides is 3. The van der Waals surface area contributed by atoms with Crippen LogP contribution in [0.25, 0.3) is 0 Å². The van der Waals surface area contributed by atoms with Crippen molar-refractivity contribution < 1.29 is 14.4 Å². The number of hydrogen-bond donors (Lipinski definition) is 0. The lowest BCUT2D eigenvalue weighted by atomic mass is 10.1. The molecule has 1 fully saturated rings. The molecule has 3 rings (SSSR count). The smallest absolute Gasteiger partial charge is 0.262 e. The van der Waals surface area contributed by atoms with Crippen molar-refractivity contribution in [2.45, 2.75) is 6.42 Å². The van der Waals surface area contributed by atoms with E-state index in [1.54, 1.807) is 23.1 Å². The Balaban J connectivity index is 1.75. The van der Waals surface area contributed by atoms with Crippen molar-refractivity contribution >= 4 is 45.4 Å². The number of fused-ring (bicyclic) bond motifs is 1. The highest BCUT2D eigenvalue weighted by molar-refractivity contribution is 9.10. The SMILES string of the molecule is O=C(CN1C(=O)c2ccc(Br)cc2C1=O)N1CCCSCC1. The number of carbonyl (C=O) groups excluding carboxylic acids is 3. The van der Waals surface area contributed by atoms with E-state index in [9.17, 15) is 14.4 Å². The first-order valence-electron chi connectivity index (χ1n) is 7.09. The second-order valence-electron chi connectivity index (χ2n) is 5.23. The third kappa shape index (κ3) is 2.92. The molecule has 3 amide bonds. The lowest BCUT2D eigenvalue weighted by molar-refractivity contribution is -0.131. The fourth-order valence-electron chi connectivity index (χ4n) is 2.64. The maximum Gasteiger partial charge on any atom is 0.262 e. The molecule has 1 saturated heterocycles. The van der Waals surface area contributed by atoms with Crippen molar-refractivity contribution in [1.82, 2.24) is 9.80 Å². The molecule has 1 aromatic carbocycles. The Hall–Kier alpha value is -1.34. The molecule has 7 heteroatoms. The van der Waals surface area contributed by atoms with Crippen LogP contribution in [0.3, 0.4) is 0 Å². The van der Waals surface area contributed by atoms with Crippen molar-refractivity contribution in [2.24, 2.45) is 0 Å². The summed E-state index contributed by atoms with van der Waals surface area (Å²) in [6, 6.07) is 4.97. The van der Waals surface area contributed by atoms with Gasteiger partial charge in [0.05, 0.1) is 11.1 Å². The van der Waals surface area contributed by atoms with Crippen LogP contribution < -0.4 is 0 Å². The summed E-state index contributed by atoms with van der Waals surface area (Å²) in [6.45, 7) is 1.20. The van der Waals surface area contributed by atoms with Gasteiger partial charge in [-0.1, -0.05) is 15.9 Å². The van der Waals surface area contributed by atoms with E-state index < -0.39 is 0 Å². The molecule has 2 aliphatic heterocycles. The van der Waals surface area contributed by atoms with E-state index in [-0.39, 0.29) is 24.3 Å². The van der Waals surface area contributed by atoms with Crippen molar-refractivity contribution in [1.29, 1.82) is 0 Å². The lowest BCUT2D eigenvalue weighted by Crippen LogP contribution is -2.43. The van der Waals surface area contributed by atoms with Crippen LogP contribution in [0.5, 0.6) is 0 Å². The largest absolute Gasteiger partial charge is 0.340 e. The fraction of sp³-hybridized carbons (Fsp3) is 0.400. The van der Waals surface area contributed by atoms with Gasteiger partial charge in [0.2, 0.25) is 5.91 Å². The van der Waals surface area contributed by atoms with E-state index >= 15 is 0 Å². The first-order chi connectivity index (χ1) is 10.6. The third-order valence-corrected chi connectivity index (χ3v) is 5.34. The van der Waals surface area contributed by atoms with Crippen LogP contribution in [0.1, 0.15) is 27.1 Å². The van der Waals surface area contributed by atoms with Gasteiger partial charge in [-0.05, 0) is 30.4 Å². The highest BCUT2D eigenvalue weighted by Crippen LogP contribution is 2.26. The molecule has 2 heterocycles. The molecule has 0 unspecified atom stereocenters. The van der Waals surface area contributed by atoms with E-state index in [1.807, 2.05) is 11.8 Å². The van der Waals surface area contributed by atoms with Gasteiger partial charge in [-0.25, -0.2) is 0 Å². The number of benzene rings is 1. The van der Waals surface area contributed by atoms with Crippen molar-refractivity contribution in [3.05, 3.63) is 33.8 Å². The summed E-state index contributed by atoms with van der Waals surface area (Å²) in [7, 11) is 0. The lowest BCUT2D eigenvalue weighted by Gasteiger charge is -2.22. The number of hydrogen-bond acceptors (Lipinski definition) is 4. The Morgan fingerprint density at radius 2 is 1.91 bits per heavy atom. The molecule has 116 valence electrons. The summed E-state index contributed by atoms with van der Waals surface area (Å²) in [4.78, 5) is 39.9. The Labute approximate surface area is 141 Å². The topological polar surface area (TPSA) is 57.7 Å². The number of halogens is 1. The van der Waals surface area contributed by atoms with Gasteiger partial charge in [-0.15, -0.1) is 0 Å². The molecule has 1 aromatic rings. The average Bonchev–Trinajstić information content (AvgIpc) is 2.72. The van der Waals surface area contributed by atoms with E-state index in [0.29, 0.717) is 24.2 Å². The first kappa shape index (κ1) is 15.6. The molecule has 0 saturated carbocycles. The van der Waals surface area contributed by atoms with Crippen LogP contribution in [0.15, 0.2) is 22.7 Å². The van der Waals surface area contributed by atoms with Crippen LogP contribution in [0.2, 0.25) is 0 Å². The minimum absolute atomic E-state index is 0.156. The molecular weight excluding hydrogens is 368 g/mol. The number of imide groups is 1. The summed E-state index contributed by atoms with van der Waals surface area (Å²) in [5, 5.41) is 0. The molecule has 0 N–H and O–H groups in total. The Morgan fingerprint density at radius 3 is 2.73 bits per heavy atom. The van der Waals surface area contributed by atoms with Gasteiger partial charge < -0.3 is 4.90 Å². The standard InChI is InChI=1S/C15H15BrN2O3S/c16-10-2-3-11-12(8-10)15(21)18(14(11)20)9-13(19)17-4-1-6-22-7-5-17/h2-3,8H,1,4-7,9H2. The van der Waals surface area contributed by atoms with Crippen LogP contribution in [0, 0.1) is 0 Å². The molecule has 0 spiro atoms. The number of rotatable bonds is 2. The van der Waals surface area contributed by atoms with Gasteiger partial charge in [-0.2, -0.15) is 11.8 Å². The first-order valence-corrected chi connectivity index (χ1v) is 9.04. The molecular formula is C15H15BrN2O3S. The van der Waals surface area contributed by atoms with Crippen molar-refractivity contribution in [3.8, 4) is 0 Å². The second-order valence-corrected chi connectivity index (χ2v) is 7.37. The van der Waals surface area contributed by atoms with Gasteiger partial charge >= 0.3 is 0 Å². The molecule has 2 aliphatic rings. The zero-order valence-electron chi connectivity index (χ0n) is 11.9. The summed E-state index contributed by atoms with van der Waals surface area (Å²) < 4.78 is 0.741. The highest BCUT2D eigenvalue weighted by Gasteiger charge is 2.37. The normalized spacial score (nSPS) is 18.4. The van der Waals surface area contributed by atoms with E-state index in [0.717, 1.165) is 27.3 Å². The van der Waals surface area contributed by atoms with E-state index in [4.69, 9.17) is 0 Å². The van der Waals surface area contributed by atoms with Crippen molar-refractivity contribution in [3.63, 3.8) is 0 Å². The predicted molar refractivity (Wildman–Crippen MR) is 88.0 cm³/mol. The second kappa shape index (κ2) is 6.42. The van der Waals surface area contributed by atoms with Gasteiger partial charge in [0.25, 0.3) is 11.8 Å². The minimum atomic E-state index is -0.390. The van der Waals surface area contributed by atoms with Crippen LogP contribution >= 0.6 is 27.7 Å². The Morgan fingerprint density at radius 1 is 1.14 bits per heavy atom. The number of carbonyl (C=O) groups is 3. The highest BCUT2D eigenvalue weighted by atomic mass is 79.9. The molecule has 5 nitrogen and oxygen atoms in total. The summed E-state index contributed by atoms with van der Waals surface area (Å²) in [5.41, 5.74) is 0.728. The van der Waals surface area contributed by atoms with E-state index in [2.05, 4.69) is 15.9 Å². The van der Waals surface area contributed by atoms with Crippen LogP contribution in [-0.2, 0) is 4.79 Å². The monoisotopic (exact) mass is 382 g/mol. The summed E-state index contributed by atoms with van der Waals surface area (Å²) in [5.74, 6) is 1.02. The minimum Gasteiger partial charge on any atom is -0.340 e. The quantitative estimate of drug-likeness (QED) is 0.734. The summed E-state index contributed by atoms with van der Waals surface area (Å²) in [6.07, 6.45) is 0.950. The van der Waals surface area contributed by atoms with Crippen molar-refractivity contribution in [2.75, 3.05) is 31.1 Å². The number of thioether (sulfide) groups is 1. The fourth-order valence-corrected chi connectivity index (χ4v) is 3.89. The molecule has 22 heavy (non-hydrogen) atoms. The maximum absolute atomic E-state index is 12.4. The number of nitrogens with zero attached hydrogens (tertiary/aromatic N) is 2. The molecule has 0 aromatic heterocycles. The Bertz CT molecular complexity index is 642. The van der Waals surface area contributed by atoms with Gasteiger partial charge in [0, 0.05) is 23.3 Å². The zero-order chi connectivity index (χ0) is 15.7. The molecule has 0 bridgehead atoms. The van der Waals surface area contributed by atoms with Gasteiger partial charge in [0.15, 0.2) is 0 Å². The van der Waals surface area contributed by atoms with Gasteiger partial charge in [-0.3, -0.25) is 19.3 Å². The Kier molecular flexibility index (Phi) is 4.54. The third-order valence-electron chi connectivity index (χ3n) is 3.80. The van der Waals surface area contributed by atoms with Gasteiger partial charge in [0.1, 0.15) is 6.54 Å². The zero-order valence-corrected chi connectivity index (χ0v) is 14.3.